The third kappa shape index (κ3) is 3.15. The van der Waals surface area contributed by atoms with E-state index in [2.05, 4.69) is 40.5 Å². The van der Waals surface area contributed by atoms with Crippen molar-refractivity contribution in [2.24, 2.45) is 0 Å². The van der Waals surface area contributed by atoms with E-state index in [0.29, 0.717) is 10.7 Å². The largest absolute Gasteiger partial charge is 0.465 e. The van der Waals surface area contributed by atoms with E-state index in [1.807, 2.05) is 12.1 Å². The van der Waals surface area contributed by atoms with Gasteiger partial charge in [-0.2, -0.15) is 0 Å². The van der Waals surface area contributed by atoms with Gasteiger partial charge in [-0.3, -0.25) is 4.90 Å². The van der Waals surface area contributed by atoms with Gasteiger partial charge in [0.1, 0.15) is 0 Å². The molecule has 1 saturated heterocycles. The summed E-state index contributed by atoms with van der Waals surface area (Å²) in [7, 11) is 1.58. The average Bonchev–Trinajstić information content (AvgIpc) is 2.95. The van der Waals surface area contributed by atoms with Crippen molar-refractivity contribution < 1.29 is 9.90 Å². The maximum Gasteiger partial charge on any atom is 0.411 e. The van der Waals surface area contributed by atoms with Crippen LogP contribution in [0, 0.1) is 0 Å². The van der Waals surface area contributed by atoms with E-state index in [-0.39, 0.29) is 5.41 Å². The highest BCUT2D eigenvalue weighted by Crippen LogP contribution is 2.52. The summed E-state index contributed by atoms with van der Waals surface area (Å²) in [5.74, 6) is 0. The predicted molar refractivity (Wildman–Crippen MR) is 109 cm³/mol. The molecule has 0 saturated carbocycles. The topological polar surface area (TPSA) is 55.8 Å². The van der Waals surface area contributed by atoms with Gasteiger partial charge < -0.3 is 15.3 Å². The quantitative estimate of drug-likeness (QED) is 0.835. The van der Waals surface area contributed by atoms with Crippen LogP contribution >= 0.6 is 11.6 Å². The molecular formula is C21H24ClN3O2. The molecule has 6 heteroatoms. The van der Waals surface area contributed by atoms with Crippen molar-refractivity contribution in [1.29, 1.82) is 0 Å². The van der Waals surface area contributed by atoms with E-state index in [4.69, 9.17) is 11.6 Å². The highest BCUT2D eigenvalue weighted by atomic mass is 35.5. The van der Waals surface area contributed by atoms with Crippen molar-refractivity contribution in [3.05, 3.63) is 58.6 Å². The molecule has 0 atom stereocenters. The minimum Gasteiger partial charge on any atom is -0.465 e. The first-order valence-corrected chi connectivity index (χ1v) is 9.69. The molecule has 0 bridgehead atoms. The highest BCUT2D eigenvalue weighted by Gasteiger charge is 2.46. The van der Waals surface area contributed by atoms with Gasteiger partial charge in [-0.15, -0.1) is 0 Å². The molecule has 27 heavy (non-hydrogen) atoms. The van der Waals surface area contributed by atoms with Gasteiger partial charge in [0, 0.05) is 36.8 Å². The molecule has 2 aromatic carbocycles. The molecule has 1 fully saturated rings. The molecular weight excluding hydrogens is 362 g/mol. The fourth-order valence-corrected chi connectivity index (χ4v) is 4.84. The Hall–Kier alpha value is -2.24. The van der Waals surface area contributed by atoms with Gasteiger partial charge in [0.05, 0.1) is 10.7 Å². The first-order valence-electron chi connectivity index (χ1n) is 9.31. The fourth-order valence-electron chi connectivity index (χ4n) is 4.55. The molecule has 2 aliphatic rings. The molecule has 2 N–H and O–H groups in total. The Balaban J connectivity index is 1.83. The van der Waals surface area contributed by atoms with Gasteiger partial charge in [0.2, 0.25) is 0 Å². The van der Waals surface area contributed by atoms with E-state index in [1.54, 1.807) is 7.05 Å². The SMILES string of the molecule is CN(C(=O)O)c1c(Cl)ccc2c1C1(CCNCC1)CN2Cc1ccccc1. The van der Waals surface area contributed by atoms with Crippen LogP contribution in [0.4, 0.5) is 16.2 Å². The first kappa shape index (κ1) is 18.1. The number of fused-ring (bicyclic) bond motifs is 2. The van der Waals surface area contributed by atoms with Crippen LogP contribution in [0.2, 0.25) is 5.02 Å². The number of anilines is 2. The summed E-state index contributed by atoms with van der Waals surface area (Å²) in [6, 6.07) is 14.3. The van der Waals surface area contributed by atoms with Crippen LogP contribution in [-0.4, -0.2) is 37.9 Å². The molecule has 2 heterocycles. The number of hydrogen-bond acceptors (Lipinski definition) is 3. The van der Waals surface area contributed by atoms with Crippen LogP contribution in [0.1, 0.15) is 24.0 Å². The Kier molecular flexibility index (Phi) is 4.74. The van der Waals surface area contributed by atoms with Gasteiger partial charge in [0.15, 0.2) is 0 Å². The number of hydrogen-bond donors (Lipinski definition) is 2. The zero-order chi connectivity index (χ0) is 19.0. The van der Waals surface area contributed by atoms with Crippen molar-refractivity contribution in [3.63, 3.8) is 0 Å². The van der Waals surface area contributed by atoms with Crippen molar-refractivity contribution in [3.8, 4) is 0 Å². The summed E-state index contributed by atoms with van der Waals surface area (Å²) in [6.07, 6.45) is 0.967. The maximum absolute atomic E-state index is 11.7. The summed E-state index contributed by atoms with van der Waals surface area (Å²) < 4.78 is 0. The molecule has 4 rings (SSSR count). The van der Waals surface area contributed by atoms with Crippen molar-refractivity contribution in [2.45, 2.75) is 24.8 Å². The predicted octanol–water partition coefficient (Wildman–Crippen LogP) is 4.10. The van der Waals surface area contributed by atoms with Gasteiger partial charge in [0.25, 0.3) is 0 Å². The van der Waals surface area contributed by atoms with E-state index >= 15 is 0 Å². The molecule has 1 amide bonds. The van der Waals surface area contributed by atoms with Gasteiger partial charge in [-0.05, 0) is 43.6 Å². The Labute approximate surface area is 164 Å². The summed E-state index contributed by atoms with van der Waals surface area (Å²) in [6.45, 7) is 3.56. The molecule has 0 aromatic heterocycles. The highest BCUT2D eigenvalue weighted by molar-refractivity contribution is 6.34. The second-order valence-corrected chi connectivity index (χ2v) is 7.91. The lowest BCUT2D eigenvalue weighted by atomic mass is 9.74. The smallest absolute Gasteiger partial charge is 0.411 e. The number of nitrogens with zero attached hydrogens (tertiary/aromatic N) is 2. The lowest BCUT2D eigenvalue weighted by molar-refractivity contribution is 0.203. The van der Waals surface area contributed by atoms with Crippen LogP contribution in [0.3, 0.4) is 0 Å². The van der Waals surface area contributed by atoms with E-state index in [9.17, 15) is 9.90 Å². The Morgan fingerprint density at radius 2 is 1.93 bits per heavy atom. The van der Waals surface area contributed by atoms with Crippen LogP contribution in [0.15, 0.2) is 42.5 Å². The minimum absolute atomic E-state index is 0.0701. The van der Waals surface area contributed by atoms with Crippen LogP contribution in [-0.2, 0) is 12.0 Å². The standard InChI is InChI=1S/C21H24ClN3O2/c1-24(20(26)27)19-16(22)7-8-17-18(19)21(9-11-23-12-10-21)14-25(17)13-15-5-3-2-4-6-15/h2-8,23H,9-14H2,1H3,(H,26,27). The van der Waals surface area contributed by atoms with E-state index in [0.717, 1.165) is 50.3 Å². The molecule has 1 spiro atoms. The summed E-state index contributed by atoms with van der Waals surface area (Å²) in [5.41, 5.74) is 4.02. The zero-order valence-corrected chi connectivity index (χ0v) is 16.2. The van der Waals surface area contributed by atoms with Crippen molar-refractivity contribution >= 4 is 29.1 Å². The zero-order valence-electron chi connectivity index (χ0n) is 15.4. The Morgan fingerprint density at radius 1 is 1.22 bits per heavy atom. The molecule has 0 unspecified atom stereocenters. The van der Waals surface area contributed by atoms with Gasteiger partial charge in [-0.1, -0.05) is 41.9 Å². The minimum atomic E-state index is -0.990. The lowest BCUT2D eigenvalue weighted by Crippen LogP contribution is -2.43. The number of piperidine rings is 1. The average molecular weight is 386 g/mol. The number of rotatable bonds is 3. The van der Waals surface area contributed by atoms with Crippen LogP contribution in [0.25, 0.3) is 0 Å². The van der Waals surface area contributed by atoms with Gasteiger partial charge in [-0.25, -0.2) is 4.79 Å². The molecule has 0 radical (unpaired) electrons. The summed E-state index contributed by atoms with van der Waals surface area (Å²) in [4.78, 5) is 15.4. The van der Waals surface area contributed by atoms with Crippen LogP contribution in [0.5, 0.6) is 0 Å². The molecule has 0 aliphatic carbocycles. The summed E-state index contributed by atoms with van der Waals surface area (Å²) >= 11 is 6.52. The van der Waals surface area contributed by atoms with E-state index < -0.39 is 6.09 Å². The van der Waals surface area contributed by atoms with Crippen molar-refractivity contribution in [1.82, 2.24) is 5.32 Å². The number of carboxylic acid groups (broad SMARTS) is 1. The fraction of sp³-hybridized carbons (Fsp3) is 0.381. The number of nitrogens with one attached hydrogen (secondary N) is 1. The normalized spacial score (nSPS) is 17.8. The Bertz CT molecular complexity index is 850. The monoisotopic (exact) mass is 385 g/mol. The van der Waals surface area contributed by atoms with E-state index in [1.165, 1.54) is 10.5 Å². The molecule has 142 valence electrons. The first-order chi connectivity index (χ1) is 13.0. The number of amides is 1. The third-order valence-corrected chi connectivity index (χ3v) is 6.18. The third-order valence-electron chi connectivity index (χ3n) is 5.87. The number of carbonyl (C=O) groups is 1. The second-order valence-electron chi connectivity index (χ2n) is 7.50. The molecule has 5 nitrogen and oxygen atoms in total. The van der Waals surface area contributed by atoms with Gasteiger partial charge >= 0.3 is 6.09 Å². The second kappa shape index (κ2) is 7.06. The number of halogens is 1. The van der Waals surface area contributed by atoms with Crippen LogP contribution < -0.4 is 15.1 Å². The maximum atomic E-state index is 11.7. The van der Waals surface area contributed by atoms with Crippen molar-refractivity contribution in [2.75, 3.05) is 36.5 Å². The molecule has 2 aliphatic heterocycles. The Morgan fingerprint density at radius 3 is 2.59 bits per heavy atom. The molecule has 2 aromatic rings. The lowest BCUT2D eigenvalue weighted by Gasteiger charge is -2.36. The number of benzene rings is 2. The summed E-state index contributed by atoms with van der Waals surface area (Å²) in [5, 5.41) is 13.6.